The number of sulfonamides is 1. The van der Waals surface area contributed by atoms with Crippen molar-refractivity contribution >= 4 is 27.5 Å². The smallest absolute Gasteiger partial charge is 0.251 e. The molecule has 9 heteroatoms. The van der Waals surface area contributed by atoms with Crippen LogP contribution in [0.4, 0.5) is 0 Å². The fourth-order valence-corrected chi connectivity index (χ4v) is 5.70. The molecule has 0 saturated carbocycles. The van der Waals surface area contributed by atoms with Gasteiger partial charge in [0.1, 0.15) is 16.4 Å². The van der Waals surface area contributed by atoms with Gasteiger partial charge in [0, 0.05) is 31.3 Å². The van der Waals surface area contributed by atoms with Gasteiger partial charge in [0.05, 0.1) is 19.2 Å². The highest BCUT2D eigenvalue weighted by atomic mass is 35.5. The van der Waals surface area contributed by atoms with Gasteiger partial charge in [-0.2, -0.15) is 4.31 Å². The number of piperidine rings is 1. The molecule has 1 aliphatic heterocycles. The van der Waals surface area contributed by atoms with Crippen LogP contribution in [0.5, 0.6) is 11.5 Å². The third kappa shape index (κ3) is 5.50. The van der Waals surface area contributed by atoms with Crippen LogP contribution < -0.4 is 14.8 Å². The first-order valence-electron chi connectivity index (χ1n) is 10.0. The van der Waals surface area contributed by atoms with Crippen molar-refractivity contribution in [3.63, 3.8) is 0 Å². The lowest BCUT2D eigenvalue weighted by molar-refractivity contribution is 0.0950. The Hall–Kier alpha value is -2.29. The van der Waals surface area contributed by atoms with Crippen LogP contribution >= 0.6 is 11.6 Å². The van der Waals surface area contributed by atoms with E-state index in [0.717, 1.165) is 18.4 Å². The zero-order chi connectivity index (χ0) is 22.6. The average molecular weight is 467 g/mol. The third-order valence-electron chi connectivity index (χ3n) is 5.30. The number of carbonyl (C=O) groups is 1. The van der Waals surface area contributed by atoms with Gasteiger partial charge in [-0.15, -0.1) is 0 Å². The van der Waals surface area contributed by atoms with Gasteiger partial charge in [0.25, 0.3) is 5.91 Å². The molecule has 1 atom stereocenters. The van der Waals surface area contributed by atoms with Crippen molar-refractivity contribution in [2.75, 3.05) is 27.3 Å². The summed E-state index contributed by atoms with van der Waals surface area (Å²) in [7, 11) is -0.675. The molecular weight excluding hydrogens is 440 g/mol. The maximum atomic E-state index is 13.1. The van der Waals surface area contributed by atoms with Crippen LogP contribution in [0.1, 0.15) is 35.7 Å². The molecule has 1 saturated heterocycles. The standard InChI is InChI=1S/C22H27ClN2O5S/c1-15-5-4-8-25(14-15)31(27,28)21-11-17(6-7-20(21)23)22(26)24-13-16-9-18(29-2)12-19(10-16)30-3/h6-7,9-12,15H,4-5,8,13-14H2,1-3H3,(H,24,26). The predicted octanol–water partition coefficient (Wildman–Crippen LogP) is 3.71. The zero-order valence-electron chi connectivity index (χ0n) is 17.9. The summed E-state index contributed by atoms with van der Waals surface area (Å²) in [5, 5.41) is 2.91. The molecule has 1 heterocycles. The molecule has 1 fully saturated rings. The van der Waals surface area contributed by atoms with Crippen LogP contribution in [0.15, 0.2) is 41.3 Å². The van der Waals surface area contributed by atoms with Crippen molar-refractivity contribution in [1.82, 2.24) is 9.62 Å². The monoisotopic (exact) mass is 466 g/mol. The summed E-state index contributed by atoms with van der Waals surface area (Å²) in [4.78, 5) is 12.7. The number of amides is 1. The number of carbonyl (C=O) groups excluding carboxylic acids is 1. The first-order valence-corrected chi connectivity index (χ1v) is 11.9. The van der Waals surface area contributed by atoms with Crippen LogP contribution in [-0.2, 0) is 16.6 Å². The Bertz CT molecular complexity index is 1040. The Labute approximate surface area is 188 Å². The second-order valence-electron chi connectivity index (χ2n) is 7.66. The van der Waals surface area contributed by atoms with Gasteiger partial charge in [0.2, 0.25) is 10.0 Å². The van der Waals surface area contributed by atoms with Crippen LogP contribution in [0.3, 0.4) is 0 Å². The van der Waals surface area contributed by atoms with E-state index >= 15 is 0 Å². The van der Waals surface area contributed by atoms with Crippen LogP contribution in [0, 0.1) is 5.92 Å². The van der Waals surface area contributed by atoms with E-state index in [1.54, 1.807) is 32.4 Å². The van der Waals surface area contributed by atoms with Crippen molar-refractivity contribution in [1.29, 1.82) is 0 Å². The number of nitrogens with one attached hydrogen (secondary N) is 1. The normalized spacial score (nSPS) is 17.2. The molecule has 0 aliphatic carbocycles. The molecule has 0 radical (unpaired) electrons. The molecule has 7 nitrogen and oxygen atoms in total. The summed E-state index contributed by atoms with van der Waals surface area (Å²) in [5.74, 6) is 1.11. The Morgan fingerprint density at radius 1 is 1.16 bits per heavy atom. The van der Waals surface area contributed by atoms with Crippen LogP contribution in [0.2, 0.25) is 5.02 Å². The molecule has 1 N–H and O–H groups in total. The van der Waals surface area contributed by atoms with Gasteiger partial charge in [-0.25, -0.2) is 8.42 Å². The summed E-state index contributed by atoms with van der Waals surface area (Å²) in [6.07, 6.45) is 1.81. The SMILES string of the molecule is COc1cc(CNC(=O)c2ccc(Cl)c(S(=O)(=O)N3CCCC(C)C3)c2)cc(OC)c1. The molecule has 1 aliphatic rings. The van der Waals surface area contributed by atoms with Crippen molar-refractivity contribution < 1.29 is 22.7 Å². The number of benzene rings is 2. The van der Waals surface area contributed by atoms with E-state index < -0.39 is 15.9 Å². The highest BCUT2D eigenvalue weighted by Crippen LogP contribution is 2.29. The van der Waals surface area contributed by atoms with E-state index in [4.69, 9.17) is 21.1 Å². The first-order chi connectivity index (χ1) is 14.7. The molecule has 168 valence electrons. The maximum absolute atomic E-state index is 13.1. The minimum absolute atomic E-state index is 0.0426. The Morgan fingerprint density at radius 2 is 1.84 bits per heavy atom. The fraction of sp³-hybridized carbons (Fsp3) is 0.409. The Balaban J connectivity index is 1.79. The fourth-order valence-electron chi connectivity index (χ4n) is 3.60. The second kappa shape index (κ2) is 9.89. The van der Waals surface area contributed by atoms with Gasteiger partial charge in [0.15, 0.2) is 0 Å². The number of rotatable bonds is 7. The van der Waals surface area contributed by atoms with Gasteiger partial charge < -0.3 is 14.8 Å². The van der Waals surface area contributed by atoms with Gasteiger partial charge in [-0.3, -0.25) is 4.79 Å². The van der Waals surface area contributed by atoms with Crippen LogP contribution in [0.25, 0.3) is 0 Å². The molecule has 0 aromatic heterocycles. The highest BCUT2D eigenvalue weighted by Gasteiger charge is 2.30. The molecule has 31 heavy (non-hydrogen) atoms. The zero-order valence-corrected chi connectivity index (χ0v) is 19.4. The van der Waals surface area contributed by atoms with E-state index in [0.29, 0.717) is 24.6 Å². The molecule has 1 amide bonds. The number of nitrogens with zero attached hydrogens (tertiary/aromatic N) is 1. The lowest BCUT2D eigenvalue weighted by Gasteiger charge is -2.30. The topological polar surface area (TPSA) is 84.9 Å². The average Bonchev–Trinajstić information content (AvgIpc) is 2.77. The van der Waals surface area contributed by atoms with E-state index in [-0.39, 0.29) is 27.9 Å². The first kappa shape index (κ1) is 23.4. The molecule has 3 rings (SSSR count). The Morgan fingerprint density at radius 3 is 2.45 bits per heavy atom. The molecule has 2 aromatic rings. The van der Waals surface area contributed by atoms with Crippen molar-refractivity contribution in [2.45, 2.75) is 31.2 Å². The number of halogens is 1. The summed E-state index contributed by atoms with van der Waals surface area (Å²) >= 11 is 6.22. The summed E-state index contributed by atoms with van der Waals surface area (Å²) in [6.45, 7) is 3.16. The lowest BCUT2D eigenvalue weighted by atomic mass is 10.0. The van der Waals surface area contributed by atoms with E-state index in [1.165, 1.54) is 22.5 Å². The van der Waals surface area contributed by atoms with Crippen molar-refractivity contribution in [2.24, 2.45) is 5.92 Å². The Kier molecular flexibility index (Phi) is 7.46. The van der Waals surface area contributed by atoms with Gasteiger partial charge >= 0.3 is 0 Å². The maximum Gasteiger partial charge on any atom is 0.251 e. The number of hydrogen-bond acceptors (Lipinski definition) is 5. The molecule has 1 unspecified atom stereocenters. The van der Waals surface area contributed by atoms with Crippen LogP contribution in [-0.4, -0.2) is 45.9 Å². The van der Waals surface area contributed by atoms with Gasteiger partial charge in [-0.05, 0) is 54.7 Å². The number of hydrogen-bond donors (Lipinski definition) is 1. The second-order valence-corrected chi connectivity index (χ2v) is 9.97. The lowest BCUT2D eigenvalue weighted by Crippen LogP contribution is -2.39. The molecular formula is C22H27ClN2O5S. The quantitative estimate of drug-likeness (QED) is 0.672. The molecule has 0 spiro atoms. The van der Waals surface area contributed by atoms with Crippen molar-refractivity contribution in [3.05, 3.63) is 52.5 Å². The molecule has 0 bridgehead atoms. The minimum Gasteiger partial charge on any atom is -0.497 e. The summed E-state index contributed by atoms with van der Waals surface area (Å²) in [5.41, 5.74) is 1.01. The van der Waals surface area contributed by atoms with Gasteiger partial charge in [-0.1, -0.05) is 18.5 Å². The van der Waals surface area contributed by atoms with E-state index in [2.05, 4.69) is 5.32 Å². The highest BCUT2D eigenvalue weighted by molar-refractivity contribution is 7.89. The van der Waals surface area contributed by atoms with Crippen molar-refractivity contribution in [3.8, 4) is 11.5 Å². The minimum atomic E-state index is -3.78. The number of ether oxygens (including phenoxy) is 2. The summed E-state index contributed by atoms with van der Waals surface area (Å²) in [6, 6.07) is 9.63. The summed E-state index contributed by atoms with van der Waals surface area (Å²) < 4.78 is 38.2. The predicted molar refractivity (Wildman–Crippen MR) is 119 cm³/mol. The van der Waals surface area contributed by atoms with E-state index in [1.807, 2.05) is 6.92 Å². The van der Waals surface area contributed by atoms with E-state index in [9.17, 15) is 13.2 Å². The third-order valence-corrected chi connectivity index (χ3v) is 7.64. The number of methoxy groups -OCH3 is 2. The molecule has 2 aromatic carbocycles. The largest absolute Gasteiger partial charge is 0.497 e.